The first kappa shape index (κ1) is 34.7. The molecule has 1 aliphatic rings. The van der Waals surface area contributed by atoms with Crippen molar-refractivity contribution in [3.05, 3.63) is 12.2 Å². The molecule has 7 atom stereocenters. The first-order valence-electron chi connectivity index (χ1n) is 15.5. The van der Waals surface area contributed by atoms with Crippen molar-refractivity contribution in [3.8, 4) is 0 Å². The topological polar surface area (TPSA) is 64.4 Å². The van der Waals surface area contributed by atoms with Crippen LogP contribution >= 0.6 is 21.6 Å². The lowest BCUT2D eigenvalue weighted by molar-refractivity contribution is 0.0866. The van der Waals surface area contributed by atoms with Crippen molar-refractivity contribution >= 4 is 27.5 Å². The predicted octanol–water partition coefficient (Wildman–Crippen LogP) is 9.71. The Morgan fingerprint density at radius 1 is 0.973 bits per heavy atom. The summed E-state index contributed by atoms with van der Waals surface area (Å²) >= 11 is 0. The van der Waals surface area contributed by atoms with E-state index in [4.69, 9.17) is 11.5 Å². The molecule has 1 aliphatic carbocycles. The molecule has 0 fully saturated rings. The molecule has 0 heterocycles. The number of unbranched alkanes of at least 4 members (excludes halogenated alkanes) is 1. The van der Waals surface area contributed by atoms with E-state index in [-0.39, 0.29) is 5.96 Å². The lowest BCUT2D eigenvalue weighted by Crippen LogP contribution is -2.37. The summed E-state index contributed by atoms with van der Waals surface area (Å²) in [6.07, 6.45) is 20.1. The number of aliphatic imine (C=N–C) groups is 1. The van der Waals surface area contributed by atoms with E-state index in [1.807, 2.05) is 21.6 Å². The Labute approximate surface area is 240 Å². The summed E-state index contributed by atoms with van der Waals surface area (Å²) in [7, 11) is 3.91. The Morgan fingerprint density at radius 3 is 2.30 bits per heavy atom. The van der Waals surface area contributed by atoms with Crippen molar-refractivity contribution in [2.75, 3.05) is 12.3 Å². The summed E-state index contributed by atoms with van der Waals surface area (Å²) in [6.45, 7) is 20.3. The summed E-state index contributed by atoms with van der Waals surface area (Å²) in [5.74, 6) is 6.18. The number of rotatable bonds is 20. The molecule has 0 bridgehead atoms. The average molecular weight is 554 g/mol. The molecule has 0 aromatic heterocycles. The lowest BCUT2D eigenvalue weighted by atomic mass is 9.59. The molecule has 0 aliphatic heterocycles. The molecule has 7 unspecified atom stereocenters. The smallest absolute Gasteiger partial charge is 0.185 e. The van der Waals surface area contributed by atoms with Gasteiger partial charge in [0, 0.05) is 11.0 Å². The van der Waals surface area contributed by atoms with Crippen molar-refractivity contribution in [1.82, 2.24) is 0 Å². The first-order chi connectivity index (χ1) is 17.5. The van der Waals surface area contributed by atoms with Crippen LogP contribution in [0.2, 0.25) is 0 Å². The normalized spacial score (nSPS) is 25.1. The Balaban J connectivity index is 2.58. The Morgan fingerprint density at radius 2 is 1.65 bits per heavy atom. The van der Waals surface area contributed by atoms with Gasteiger partial charge in [-0.25, -0.2) is 0 Å². The minimum absolute atomic E-state index is 0.197. The molecule has 0 radical (unpaired) electrons. The number of nitrogens with zero attached hydrogens (tertiary/aromatic N) is 1. The molecule has 1 rings (SSSR count). The van der Waals surface area contributed by atoms with E-state index in [0.717, 1.165) is 41.3 Å². The van der Waals surface area contributed by atoms with Gasteiger partial charge < -0.3 is 11.5 Å². The van der Waals surface area contributed by atoms with Gasteiger partial charge in [0.05, 0.1) is 6.54 Å². The molecule has 5 heteroatoms. The van der Waals surface area contributed by atoms with E-state index in [1.165, 1.54) is 70.6 Å². The highest BCUT2D eigenvalue weighted by Gasteiger charge is 2.40. The van der Waals surface area contributed by atoms with Gasteiger partial charge in [0.15, 0.2) is 5.96 Å². The third-order valence-electron chi connectivity index (χ3n) is 9.13. The van der Waals surface area contributed by atoms with E-state index in [0.29, 0.717) is 17.2 Å². The van der Waals surface area contributed by atoms with Crippen LogP contribution in [0.1, 0.15) is 126 Å². The molecule has 37 heavy (non-hydrogen) atoms. The number of nitrogens with two attached hydrogens (primary N) is 2. The number of guanidine groups is 1. The molecule has 0 saturated heterocycles. The highest BCUT2D eigenvalue weighted by atomic mass is 33.1. The van der Waals surface area contributed by atoms with Crippen LogP contribution in [0, 0.1) is 40.9 Å². The van der Waals surface area contributed by atoms with Crippen molar-refractivity contribution in [2.24, 2.45) is 57.4 Å². The summed E-state index contributed by atoms with van der Waals surface area (Å²) in [6, 6.07) is 0. The third-order valence-corrected chi connectivity index (χ3v) is 12.1. The zero-order valence-electron chi connectivity index (χ0n) is 25.8. The van der Waals surface area contributed by atoms with E-state index in [2.05, 4.69) is 72.5 Å². The van der Waals surface area contributed by atoms with Gasteiger partial charge in [-0.05, 0) is 66.6 Å². The maximum atomic E-state index is 5.43. The molecule has 0 spiro atoms. The zero-order chi connectivity index (χ0) is 27.8. The third kappa shape index (κ3) is 14.1. The van der Waals surface area contributed by atoms with Crippen molar-refractivity contribution in [1.29, 1.82) is 0 Å². The minimum Gasteiger partial charge on any atom is -0.370 e. The SMILES string of the molecule is CCCC1C(C(C)CCC(C)C(C)CCCCC(C)C)CC=CC1(C)CCC(C)SSCCN=C(N)N. The molecule has 0 aromatic rings. The molecule has 218 valence electrons. The second kappa shape index (κ2) is 18.9. The second-order valence-corrected chi connectivity index (χ2v) is 15.9. The van der Waals surface area contributed by atoms with Crippen molar-refractivity contribution in [3.63, 3.8) is 0 Å². The lowest BCUT2D eigenvalue weighted by Gasteiger charge is -2.46. The van der Waals surface area contributed by atoms with Crippen LogP contribution in [0.15, 0.2) is 17.1 Å². The monoisotopic (exact) mass is 553 g/mol. The van der Waals surface area contributed by atoms with Gasteiger partial charge >= 0.3 is 0 Å². The van der Waals surface area contributed by atoms with Crippen LogP contribution in [-0.4, -0.2) is 23.5 Å². The van der Waals surface area contributed by atoms with Crippen LogP contribution in [0.25, 0.3) is 0 Å². The Hall–Kier alpha value is -0.290. The Kier molecular flexibility index (Phi) is 17.7. The highest BCUT2D eigenvalue weighted by molar-refractivity contribution is 8.76. The van der Waals surface area contributed by atoms with E-state index in [9.17, 15) is 0 Å². The van der Waals surface area contributed by atoms with Gasteiger partial charge in [0.25, 0.3) is 0 Å². The quantitative estimate of drug-likeness (QED) is 0.0518. The van der Waals surface area contributed by atoms with Crippen LogP contribution in [0.5, 0.6) is 0 Å². The van der Waals surface area contributed by atoms with E-state index >= 15 is 0 Å². The molecule has 0 saturated carbocycles. The average Bonchev–Trinajstić information content (AvgIpc) is 2.84. The summed E-state index contributed by atoms with van der Waals surface area (Å²) in [5.41, 5.74) is 11.2. The van der Waals surface area contributed by atoms with Gasteiger partial charge in [-0.15, -0.1) is 0 Å². The maximum Gasteiger partial charge on any atom is 0.185 e. The van der Waals surface area contributed by atoms with Crippen LogP contribution < -0.4 is 11.5 Å². The number of hydrogen-bond acceptors (Lipinski definition) is 3. The largest absolute Gasteiger partial charge is 0.370 e. The van der Waals surface area contributed by atoms with Gasteiger partial charge in [0.2, 0.25) is 0 Å². The first-order valence-corrected chi connectivity index (χ1v) is 17.9. The molecular formula is C32H63N3S2. The number of hydrogen-bond donors (Lipinski definition) is 2. The molecule has 0 amide bonds. The predicted molar refractivity (Wildman–Crippen MR) is 173 cm³/mol. The second-order valence-electron chi connectivity index (χ2n) is 13.0. The summed E-state index contributed by atoms with van der Waals surface area (Å²) in [4.78, 5) is 4.09. The molecular weight excluding hydrogens is 491 g/mol. The summed E-state index contributed by atoms with van der Waals surface area (Å²) in [5, 5.41) is 0.650. The van der Waals surface area contributed by atoms with Crippen molar-refractivity contribution < 1.29 is 0 Å². The van der Waals surface area contributed by atoms with Crippen molar-refractivity contribution in [2.45, 2.75) is 131 Å². The molecule has 3 nitrogen and oxygen atoms in total. The fourth-order valence-electron chi connectivity index (χ4n) is 6.29. The van der Waals surface area contributed by atoms with Crippen LogP contribution in [0.3, 0.4) is 0 Å². The number of allylic oxidation sites excluding steroid dienone is 2. The van der Waals surface area contributed by atoms with Gasteiger partial charge in [-0.3, -0.25) is 4.99 Å². The van der Waals surface area contributed by atoms with Gasteiger partial charge in [-0.1, -0.05) is 134 Å². The van der Waals surface area contributed by atoms with Gasteiger partial charge in [-0.2, -0.15) is 0 Å². The van der Waals surface area contributed by atoms with Crippen LogP contribution in [-0.2, 0) is 0 Å². The van der Waals surface area contributed by atoms with E-state index in [1.54, 1.807) is 0 Å². The standard InChI is InChI=1S/C32H63N3S2/c1-9-13-30-29(27(6)18-17-26(5)25(4)15-11-10-14-24(2)3)16-12-20-32(30,8)21-19-28(7)37-36-23-22-35-31(33)34/h12,20,24-30H,9-11,13-19,21-23H2,1-8H3,(H4,33,34,35). The maximum absolute atomic E-state index is 5.43. The van der Waals surface area contributed by atoms with E-state index < -0.39 is 0 Å². The van der Waals surface area contributed by atoms with Crippen LogP contribution in [0.4, 0.5) is 0 Å². The highest BCUT2D eigenvalue weighted by Crippen LogP contribution is 2.50. The Bertz CT molecular complexity index is 646. The fraction of sp³-hybridized carbons (Fsp3) is 0.906. The van der Waals surface area contributed by atoms with Gasteiger partial charge in [0.1, 0.15) is 0 Å². The summed E-state index contributed by atoms with van der Waals surface area (Å²) < 4.78 is 0. The minimum atomic E-state index is 0.197. The fourth-order valence-corrected chi connectivity index (χ4v) is 8.50. The zero-order valence-corrected chi connectivity index (χ0v) is 27.4. The molecule has 0 aromatic carbocycles. The molecule has 4 N–H and O–H groups in total.